The summed E-state index contributed by atoms with van der Waals surface area (Å²) >= 11 is 5.85. The van der Waals surface area contributed by atoms with Crippen molar-refractivity contribution in [2.75, 3.05) is 0 Å². The molecule has 1 atom stereocenters. The molecule has 0 fully saturated rings. The lowest BCUT2D eigenvalue weighted by Gasteiger charge is -2.12. The van der Waals surface area contributed by atoms with Crippen LogP contribution in [0.2, 0.25) is 5.02 Å². The van der Waals surface area contributed by atoms with Gasteiger partial charge in [-0.15, -0.1) is 0 Å². The van der Waals surface area contributed by atoms with Gasteiger partial charge < -0.3 is 0 Å². The number of halogens is 1. The Balaban J connectivity index is 2.89. The molecule has 0 unspecified atom stereocenters. The van der Waals surface area contributed by atoms with E-state index in [4.69, 9.17) is 11.6 Å². The van der Waals surface area contributed by atoms with E-state index in [0.29, 0.717) is 5.02 Å². The molecule has 0 aromatic heterocycles. The highest BCUT2D eigenvalue weighted by Gasteiger charge is 2.18. The molecule has 16 heavy (non-hydrogen) atoms. The molecule has 4 heteroatoms. The van der Waals surface area contributed by atoms with Gasteiger partial charge in [-0.25, -0.2) is 4.21 Å². The van der Waals surface area contributed by atoms with Crippen LogP contribution in [-0.2, 0) is 11.0 Å². The van der Waals surface area contributed by atoms with Crippen LogP contribution >= 0.6 is 11.6 Å². The van der Waals surface area contributed by atoms with E-state index in [9.17, 15) is 4.21 Å². The van der Waals surface area contributed by atoms with E-state index in [1.165, 1.54) is 0 Å². The Labute approximate surface area is 104 Å². The van der Waals surface area contributed by atoms with Gasteiger partial charge in [-0.05, 0) is 51.0 Å². The number of aryl methyl sites for hydroxylation is 1. The van der Waals surface area contributed by atoms with E-state index in [-0.39, 0.29) is 4.75 Å². The Bertz CT molecular complexity index is 435. The Hall–Kier alpha value is -0.670. The molecule has 0 spiro atoms. The molecule has 0 saturated heterocycles. The zero-order chi connectivity index (χ0) is 12.3. The minimum Gasteiger partial charge on any atom is -0.234 e. The quantitative estimate of drug-likeness (QED) is 0.746. The molecule has 0 amide bonds. The smallest absolute Gasteiger partial charge is 0.144 e. The summed E-state index contributed by atoms with van der Waals surface area (Å²) in [7, 11) is -1.21. The van der Waals surface area contributed by atoms with Crippen LogP contribution in [0.5, 0.6) is 0 Å². The van der Waals surface area contributed by atoms with Crippen LogP contribution in [0.15, 0.2) is 22.6 Å². The largest absolute Gasteiger partial charge is 0.234 e. The molecule has 1 rings (SSSR count). The van der Waals surface area contributed by atoms with Gasteiger partial charge in [0.05, 0.1) is 4.75 Å². The predicted octanol–water partition coefficient (Wildman–Crippen LogP) is 3.53. The zero-order valence-corrected chi connectivity index (χ0v) is 11.5. The molecule has 88 valence electrons. The first-order valence-corrected chi connectivity index (χ1v) is 6.51. The van der Waals surface area contributed by atoms with Crippen LogP contribution in [-0.4, -0.2) is 15.2 Å². The van der Waals surface area contributed by atoms with Gasteiger partial charge in [-0.1, -0.05) is 17.7 Å². The minimum absolute atomic E-state index is 0.323. The predicted molar refractivity (Wildman–Crippen MR) is 71.7 cm³/mol. The molecule has 0 aliphatic heterocycles. The summed E-state index contributed by atoms with van der Waals surface area (Å²) in [5.41, 5.74) is 1.98. The summed E-state index contributed by atoms with van der Waals surface area (Å²) in [6.07, 6.45) is 1.65. The molecule has 0 radical (unpaired) electrons. The number of hydrogen-bond acceptors (Lipinski definition) is 1. The van der Waals surface area contributed by atoms with Crippen molar-refractivity contribution >= 4 is 28.8 Å². The normalized spacial score (nSPS) is 14.3. The van der Waals surface area contributed by atoms with Gasteiger partial charge in [0.2, 0.25) is 0 Å². The van der Waals surface area contributed by atoms with Gasteiger partial charge in [0.25, 0.3) is 0 Å². The average molecular weight is 258 g/mol. The van der Waals surface area contributed by atoms with Crippen LogP contribution in [0.1, 0.15) is 31.9 Å². The van der Waals surface area contributed by atoms with E-state index in [0.717, 1.165) is 11.1 Å². The first-order chi connectivity index (χ1) is 7.30. The maximum absolute atomic E-state index is 11.7. The third-order valence-corrected chi connectivity index (χ3v) is 3.62. The Morgan fingerprint density at radius 3 is 2.50 bits per heavy atom. The fourth-order valence-corrected chi connectivity index (χ4v) is 1.80. The van der Waals surface area contributed by atoms with Crippen molar-refractivity contribution < 1.29 is 4.21 Å². The third kappa shape index (κ3) is 3.72. The molecule has 0 N–H and O–H groups in total. The maximum Gasteiger partial charge on any atom is 0.144 e. The molecule has 0 aliphatic carbocycles. The second-order valence-electron chi connectivity index (χ2n) is 4.60. The van der Waals surface area contributed by atoms with E-state index in [1.54, 1.807) is 12.3 Å². The van der Waals surface area contributed by atoms with Crippen molar-refractivity contribution in [1.82, 2.24) is 0 Å². The Morgan fingerprint density at radius 2 is 2.00 bits per heavy atom. The van der Waals surface area contributed by atoms with Gasteiger partial charge in [-0.2, -0.15) is 4.40 Å². The highest BCUT2D eigenvalue weighted by atomic mass is 35.5. The van der Waals surface area contributed by atoms with Gasteiger partial charge in [0, 0.05) is 11.2 Å². The summed E-state index contributed by atoms with van der Waals surface area (Å²) < 4.78 is 15.4. The van der Waals surface area contributed by atoms with Crippen molar-refractivity contribution in [3.63, 3.8) is 0 Å². The zero-order valence-electron chi connectivity index (χ0n) is 9.95. The summed E-state index contributed by atoms with van der Waals surface area (Å²) in [6, 6.07) is 5.54. The minimum atomic E-state index is -1.21. The second kappa shape index (κ2) is 5.11. The summed E-state index contributed by atoms with van der Waals surface area (Å²) in [6.45, 7) is 7.65. The third-order valence-electron chi connectivity index (χ3n) is 2.04. The van der Waals surface area contributed by atoms with E-state index < -0.39 is 11.0 Å². The lowest BCUT2D eigenvalue weighted by atomic mass is 10.1. The molecule has 1 aromatic rings. The fraction of sp³-hybridized carbons (Fsp3) is 0.417. The monoisotopic (exact) mass is 257 g/mol. The second-order valence-corrected chi connectivity index (χ2v) is 6.97. The maximum atomic E-state index is 11.7. The summed E-state index contributed by atoms with van der Waals surface area (Å²) in [5.74, 6) is 0. The van der Waals surface area contributed by atoms with Gasteiger partial charge in [-0.3, -0.25) is 0 Å². The SMILES string of the molecule is Cc1cc(Cl)ccc1C=N[S@@](=O)C(C)(C)C. The molecular weight excluding hydrogens is 242 g/mol. The molecule has 2 nitrogen and oxygen atoms in total. The van der Waals surface area contributed by atoms with Crippen LogP contribution in [0.25, 0.3) is 0 Å². The van der Waals surface area contributed by atoms with E-state index >= 15 is 0 Å². The number of rotatable bonds is 2. The molecule has 1 aromatic carbocycles. The van der Waals surface area contributed by atoms with Crippen LogP contribution in [0.3, 0.4) is 0 Å². The van der Waals surface area contributed by atoms with E-state index in [2.05, 4.69) is 4.40 Å². The Kier molecular flexibility index (Phi) is 4.28. The van der Waals surface area contributed by atoms with Gasteiger partial charge >= 0.3 is 0 Å². The summed E-state index contributed by atoms with van der Waals surface area (Å²) in [4.78, 5) is 0. The van der Waals surface area contributed by atoms with Crippen LogP contribution in [0, 0.1) is 6.92 Å². The van der Waals surface area contributed by atoms with Gasteiger partial charge in [0.15, 0.2) is 0 Å². The highest BCUT2D eigenvalue weighted by molar-refractivity contribution is 7.85. The van der Waals surface area contributed by atoms with Crippen molar-refractivity contribution in [3.05, 3.63) is 34.3 Å². The standard InChI is InChI=1S/C12H16ClNOS/c1-9-7-11(13)6-5-10(9)8-14-16(15)12(2,3)4/h5-8H,1-4H3/t16-/m0/s1. The van der Waals surface area contributed by atoms with E-state index in [1.807, 2.05) is 39.8 Å². The fourth-order valence-electron chi connectivity index (χ4n) is 1.05. The van der Waals surface area contributed by atoms with Crippen LogP contribution < -0.4 is 0 Å². The first kappa shape index (κ1) is 13.4. The topological polar surface area (TPSA) is 29.4 Å². The molecule has 0 bridgehead atoms. The van der Waals surface area contributed by atoms with Crippen LogP contribution in [0.4, 0.5) is 0 Å². The summed E-state index contributed by atoms with van der Waals surface area (Å²) in [5, 5.41) is 0.701. The molecular formula is C12H16ClNOS. The van der Waals surface area contributed by atoms with Crippen molar-refractivity contribution in [1.29, 1.82) is 0 Å². The number of benzene rings is 1. The Morgan fingerprint density at radius 1 is 1.38 bits per heavy atom. The molecule has 0 heterocycles. The lowest BCUT2D eigenvalue weighted by molar-refractivity contribution is 0.651. The lowest BCUT2D eigenvalue weighted by Crippen LogP contribution is -2.19. The highest BCUT2D eigenvalue weighted by Crippen LogP contribution is 2.15. The van der Waals surface area contributed by atoms with Gasteiger partial charge in [0.1, 0.15) is 11.0 Å². The molecule has 0 saturated carbocycles. The molecule has 0 aliphatic rings. The van der Waals surface area contributed by atoms with Crippen molar-refractivity contribution in [3.8, 4) is 0 Å². The number of hydrogen-bond donors (Lipinski definition) is 0. The average Bonchev–Trinajstić information content (AvgIpc) is 2.14. The number of nitrogens with zero attached hydrogens (tertiary/aromatic N) is 1. The van der Waals surface area contributed by atoms with Crippen molar-refractivity contribution in [2.45, 2.75) is 32.4 Å². The van der Waals surface area contributed by atoms with Crippen molar-refractivity contribution in [2.24, 2.45) is 4.40 Å². The first-order valence-electron chi connectivity index (χ1n) is 5.03.